The Morgan fingerprint density at radius 1 is 1.25 bits per heavy atom. The molecule has 7 atom stereocenters. The lowest BCUT2D eigenvalue weighted by Crippen LogP contribution is -2.43. The summed E-state index contributed by atoms with van der Waals surface area (Å²) in [4.78, 5) is 11.9. The van der Waals surface area contributed by atoms with E-state index in [1.165, 1.54) is 5.56 Å². The van der Waals surface area contributed by atoms with Crippen LogP contribution in [-0.2, 0) is 25.0 Å². The molecule has 1 saturated heterocycles. The molecule has 8 heteroatoms. The van der Waals surface area contributed by atoms with Gasteiger partial charge in [-0.15, -0.1) is 18.2 Å². The van der Waals surface area contributed by atoms with E-state index in [1.807, 2.05) is 0 Å². The van der Waals surface area contributed by atoms with E-state index in [2.05, 4.69) is 94.6 Å². The molecule has 1 aromatic carbocycles. The molecule has 1 aromatic rings. The highest BCUT2D eigenvalue weighted by molar-refractivity contribution is 7.92. The Morgan fingerprint density at radius 2 is 1.94 bits per heavy atom. The average Bonchev–Trinajstić information content (AvgIpc) is 3.19. The number of hydrogen-bond acceptors (Lipinski definition) is 4. The van der Waals surface area contributed by atoms with Gasteiger partial charge in [0.25, 0.3) is 0 Å². The van der Waals surface area contributed by atoms with E-state index in [-0.39, 0.29) is 47.5 Å². The number of carbonyl (C=O) groups excluding carboxylic acids is 1. The van der Waals surface area contributed by atoms with Crippen LogP contribution in [0, 0.1) is 11.8 Å². The molecule has 0 amide bonds. The quantitative estimate of drug-likeness (QED) is 0.194. The second kappa shape index (κ2) is 10.8. The van der Waals surface area contributed by atoms with Gasteiger partial charge in [0, 0.05) is 18.3 Å². The molecule has 3 rings (SSSR count). The molecule has 1 heterocycles. The van der Waals surface area contributed by atoms with Gasteiger partial charge in [-0.3, -0.25) is 4.79 Å². The van der Waals surface area contributed by atoms with Gasteiger partial charge in [-0.2, -0.15) is 0 Å². The van der Waals surface area contributed by atoms with Gasteiger partial charge in [-0.25, -0.2) is 0 Å². The standard InChI is InChI=1S/C24H39BO4P2Si/c1-24(2,3)32(4,5)29-18(12-11-17-9-7-6-8-10-17)13-14-19-20-15-23(26)27-21(20)16-22(19)28-25(30)31/h6-10,13-14,18-22H,11-12,15-16,30-31H2,1-5H3/b14-13+/t18?,19-,20-,21+,22-/m1/s1. The fraction of sp³-hybridized carbons (Fsp3) is 0.625. The van der Waals surface area contributed by atoms with Crippen molar-refractivity contribution in [3.63, 3.8) is 0 Å². The van der Waals surface area contributed by atoms with Crippen molar-refractivity contribution in [1.82, 2.24) is 0 Å². The summed E-state index contributed by atoms with van der Waals surface area (Å²) < 4.78 is 18.6. The molecule has 0 spiro atoms. The normalized spacial score (nSPS) is 26.9. The van der Waals surface area contributed by atoms with Gasteiger partial charge >= 0.3 is 12.3 Å². The van der Waals surface area contributed by atoms with Crippen molar-refractivity contribution in [2.24, 2.45) is 11.8 Å². The van der Waals surface area contributed by atoms with Crippen molar-refractivity contribution in [3.05, 3.63) is 48.0 Å². The Kier molecular flexibility index (Phi) is 8.83. The summed E-state index contributed by atoms with van der Waals surface area (Å²) in [6.45, 7) is 11.5. The van der Waals surface area contributed by atoms with Gasteiger partial charge in [-0.1, -0.05) is 63.3 Å². The predicted octanol–water partition coefficient (Wildman–Crippen LogP) is 5.64. The number of hydrogen-bond donors (Lipinski definition) is 0. The van der Waals surface area contributed by atoms with Gasteiger partial charge in [0.05, 0.1) is 18.6 Å². The van der Waals surface area contributed by atoms with E-state index in [4.69, 9.17) is 13.8 Å². The van der Waals surface area contributed by atoms with Crippen LogP contribution in [0.5, 0.6) is 0 Å². The molecule has 32 heavy (non-hydrogen) atoms. The van der Waals surface area contributed by atoms with Crippen molar-refractivity contribution < 1.29 is 18.6 Å². The van der Waals surface area contributed by atoms with Gasteiger partial charge < -0.3 is 13.8 Å². The second-order valence-electron chi connectivity index (χ2n) is 10.7. The third kappa shape index (κ3) is 6.76. The summed E-state index contributed by atoms with van der Waals surface area (Å²) in [5.74, 6) is 0.278. The summed E-state index contributed by atoms with van der Waals surface area (Å²) in [6, 6.07) is 10.6. The van der Waals surface area contributed by atoms with Gasteiger partial charge in [-0.05, 0) is 36.5 Å². The summed E-state index contributed by atoms with van der Waals surface area (Å²) >= 11 is 0. The maximum atomic E-state index is 11.9. The maximum Gasteiger partial charge on any atom is 0.336 e. The van der Waals surface area contributed by atoms with E-state index < -0.39 is 8.32 Å². The third-order valence-corrected chi connectivity index (χ3v) is 12.1. The van der Waals surface area contributed by atoms with Crippen LogP contribution < -0.4 is 0 Å². The average molecular weight is 492 g/mol. The molecule has 176 valence electrons. The van der Waals surface area contributed by atoms with Crippen LogP contribution in [0.25, 0.3) is 0 Å². The summed E-state index contributed by atoms with van der Waals surface area (Å²) in [5.41, 5.74) is 1.33. The van der Waals surface area contributed by atoms with Gasteiger partial charge in [0.2, 0.25) is 0 Å². The first-order valence-electron chi connectivity index (χ1n) is 11.7. The van der Waals surface area contributed by atoms with Gasteiger partial charge in [0.1, 0.15) is 6.10 Å². The number of fused-ring (bicyclic) bond motifs is 1. The van der Waals surface area contributed by atoms with Gasteiger partial charge in [0.15, 0.2) is 8.32 Å². The Hall–Kier alpha value is -0.508. The number of benzene rings is 1. The molecule has 0 bridgehead atoms. The monoisotopic (exact) mass is 492 g/mol. The molecular weight excluding hydrogens is 453 g/mol. The van der Waals surface area contributed by atoms with E-state index >= 15 is 0 Å². The Labute approximate surface area is 200 Å². The van der Waals surface area contributed by atoms with E-state index in [0.29, 0.717) is 6.42 Å². The van der Waals surface area contributed by atoms with Crippen molar-refractivity contribution >= 4 is 38.9 Å². The molecule has 1 aliphatic heterocycles. The lowest BCUT2D eigenvalue weighted by molar-refractivity contribution is -0.141. The van der Waals surface area contributed by atoms with Crippen LogP contribution >= 0.6 is 18.2 Å². The van der Waals surface area contributed by atoms with Crippen molar-refractivity contribution in [3.8, 4) is 0 Å². The molecule has 0 aromatic heterocycles. The Bertz CT molecular complexity index is 797. The fourth-order valence-corrected chi connectivity index (χ4v) is 6.18. The summed E-state index contributed by atoms with van der Waals surface area (Å²) in [6.07, 6.45) is 7.72. The van der Waals surface area contributed by atoms with Crippen LogP contribution in [0.2, 0.25) is 18.1 Å². The minimum Gasteiger partial charge on any atom is -0.462 e. The zero-order valence-corrected chi connectivity index (χ0v) is 23.4. The van der Waals surface area contributed by atoms with E-state index in [9.17, 15) is 4.79 Å². The first kappa shape index (κ1) is 26.1. The third-order valence-electron chi connectivity index (χ3n) is 7.24. The lowest BCUT2D eigenvalue weighted by atomic mass is 9.91. The lowest BCUT2D eigenvalue weighted by Gasteiger charge is -2.39. The topological polar surface area (TPSA) is 44.8 Å². The molecular formula is C24H39BO4P2Si. The number of carbonyl (C=O) groups is 1. The number of aryl methyl sites for hydroxylation is 1. The number of rotatable bonds is 9. The predicted molar refractivity (Wildman–Crippen MR) is 142 cm³/mol. The molecule has 1 aliphatic carbocycles. The Morgan fingerprint density at radius 3 is 2.56 bits per heavy atom. The zero-order valence-electron chi connectivity index (χ0n) is 20.1. The van der Waals surface area contributed by atoms with Crippen molar-refractivity contribution in [1.29, 1.82) is 0 Å². The van der Waals surface area contributed by atoms with Crippen LogP contribution in [0.3, 0.4) is 0 Å². The zero-order chi connectivity index (χ0) is 23.5. The van der Waals surface area contributed by atoms with Crippen molar-refractivity contribution in [2.75, 3.05) is 0 Å². The van der Waals surface area contributed by atoms with Crippen LogP contribution in [0.4, 0.5) is 0 Å². The molecule has 0 N–H and O–H groups in total. The second-order valence-corrected chi connectivity index (χ2v) is 17.5. The minimum atomic E-state index is -1.93. The molecule has 4 nitrogen and oxygen atoms in total. The number of esters is 1. The molecule has 2 fully saturated rings. The first-order valence-corrected chi connectivity index (χ1v) is 16.0. The summed E-state index contributed by atoms with van der Waals surface area (Å²) in [5, 5.41) is 0.147. The SMILES string of the molecule is CC(C)(C)[Si](C)(C)OC(/C=C/[C@@H]1[C@H]2CC(=O)O[C@H]2C[C@H]1OB(P)P)CCc1ccccc1. The fourth-order valence-electron chi connectivity index (χ4n) is 4.47. The highest BCUT2D eigenvalue weighted by atomic mass is 31.1. The molecule has 0 radical (unpaired) electrons. The van der Waals surface area contributed by atoms with Crippen LogP contribution in [-0.4, -0.2) is 39.0 Å². The molecule has 3 unspecified atom stereocenters. The first-order chi connectivity index (χ1) is 15.0. The highest BCUT2D eigenvalue weighted by Crippen LogP contribution is 2.44. The highest BCUT2D eigenvalue weighted by Gasteiger charge is 2.49. The largest absolute Gasteiger partial charge is 0.462 e. The van der Waals surface area contributed by atoms with Crippen molar-refractivity contribution in [2.45, 2.75) is 82.9 Å². The summed E-state index contributed by atoms with van der Waals surface area (Å²) in [7, 11) is 3.43. The van der Waals surface area contributed by atoms with Crippen LogP contribution in [0.15, 0.2) is 42.5 Å². The maximum absolute atomic E-state index is 11.9. The molecule has 2 aliphatic rings. The Balaban J connectivity index is 1.78. The smallest absolute Gasteiger partial charge is 0.336 e. The van der Waals surface area contributed by atoms with E-state index in [1.54, 1.807) is 0 Å². The van der Waals surface area contributed by atoms with E-state index in [0.717, 1.165) is 19.3 Å². The number of ether oxygens (including phenoxy) is 1. The molecule has 1 saturated carbocycles. The minimum absolute atomic E-state index is 0.0113. The van der Waals surface area contributed by atoms with Crippen LogP contribution in [0.1, 0.15) is 45.6 Å².